The number of rotatable bonds is 9. The van der Waals surface area contributed by atoms with E-state index < -0.39 is 4.92 Å². The second-order valence-corrected chi connectivity index (χ2v) is 7.70. The van der Waals surface area contributed by atoms with Crippen molar-refractivity contribution in [1.82, 2.24) is 9.80 Å². The van der Waals surface area contributed by atoms with Gasteiger partial charge < -0.3 is 14.8 Å². The zero-order chi connectivity index (χ0) is 23.1. The van der Waals surface area contributed by atoms with Crippen LogP contribution in [0.3, 0.4) is 0 Å². The zero-order valence-corrected chi connectivity index (χ0v) is 18.7. The summed E-state index contributed by atoms with van der Waals surface area (Å²) >= 11 is 0. The fourth-order valence-corrected chi connectivity index (χ4v) is 3.73. The van der Waals surface area contributed by atoms with E-state index in [2.05, 4.69) is 27.2 Å². The number of nitrogens with zero attached hydrogens (tertiary/aromatic N) is 3. The summed E-state index contributed by atoms with van der Waals surface area (Å²) < 4.78 is 10.7. The molecule has 0 saturated carbocycles. The van der Waals surface area contributed by atoms with Crippen molar-refractivity contribution in [3.8, 4) is 11.5 Å². The van der Waals surface area contributed by atoms with E-state index >= 15 is 0 Å². The van der Waals surface area contributed by atoms with Gasteiger partial charge in [-0.25, -0.2) is 0 Å². The molecule has 0 radical (unpaired) electrons. The first kappa shape index (κ1) is 23.5. The van der Waals surface area contributed by atoms with Gasteiger partial charge in [-0.05, 0) is 37.6 Å². The van der Waals surface area contributed by atoms with Gasteiger partial charge in [0.1, 0.15) is 11.5 Å². The van der Waals surface area contributed by atoms with Crippen molar-refractivity contribution in [2.24, 2.45) is 0 Å². The Morgan fingerprint density at radius 3 is 2.44 bits per heavy atom. The molecule has 0 aliphatic carbocycles. The van der Waals surface area contributed by atoms with Crippen LogP contribution in [0, 0.1) is 10.1 Å². The van der Waals surface area contributed by atoms with Gasteiger partial charge in [0.05, 0.1) is 30.4 Å². The van der Waals surface area contributed by atoms with Crippen LogP contribution in [0.4, 0.5) is 11.4 Å². The number of nitrogens with one attached hydrogen (secondary N) is 1. The maximum Gasteiger partial charge on any atom is 0.271 e. The summed E-state index contributed by atoms with van der Waals surface area (Å²) in [5.41, 5.74) is 1.43. The molecule has 32 heavy (non-hydrogen) atoms. The molecule has 0 aromatic heterocycles. The quantitative estimate of drug-likeness (QED) is 0.471. The normalized spacial score (nSPS) is 15.7. The molecule has 172 valence electrons. The lowest BCUT2D eigenvalue weighted by Gasteiger charge is -2.37. The molecule has 9 heteroatoms. The summed E-state index contributed by atoms with van der Waals surface area (Å²) in [7, 11) is 1.46. The largest absolute Gasteiger partial charge is 0.495 e. The number of carbonyl (C=O) groups excluding carboxylic acids is 1. The Bertz CT molecular complexity index is 926. The molecule has 1 aliphatic rings. The van der Waals surface area contributed by atoms with Gasteiger partial charge in [0.25, 0.3) is 5.69 Å². The number of ether oxygens (including phenoxy) is 2. The van der Waals surface area contributed by atoms with Crippen molar-refractivity contribution in [2.45, 2.75) is 26.4 Å². The lowest BCUT2D eigenvalue weighted by atomic mass is 10.1. The van der Waals surface area contributed by atoms with Crippen LogP contribution in [0.5, 0.6) is 11.5 Å². The van der Waals surface area contributed by atoms with Gasteiger partial charge in [0.15, 0.2) is 0 Å². The number of nitro groups is 1. The summed E-state index contributed by atoms with van der Waals surface area (Å²) in [4.78, 5) is 27.9. The van der Waals surface area contributed by atoms with Crippen LogP contribution < -0.4 is 14.8 Å². The Balaban J connectivity index is 1.53. The Kier molecular flexibility index (Phi) is 8.02. The molecular weight excluding hydrogens is 412 g/mol. The molecule has 1 aliphatic heterocycles. The van der Waals surface area contributed by atoms with E-state index in [0.717, 1.165) is 38.5 Å². The Morgan fingerprint density at radius 2 is 1.84 bits per heavy atom. The topological polar surface area (TPSA) is 97.2 Å². The average Bonchev–Trinajstić information content (AvgIpc) is 2.80. The number of methoxy groups -OCH3 is 1. The van der Waals surface area contributed by atoms with Crippen molar-refractivity contribution in [3.05, 3.63) is 58.1 Å². The first-order chi connectivity index (χ1) is 15.4. The zero-order valence-electron chi connectivity index (χ0n) is 18.7. The van der Waals surface area contributed by atoms with Crippen molar-refractivity contribution in [3.63, 3.8) is 0 Å². The summed E-state index contributed by atoms with van der Waals surface area (Å²) in [5, 5.41) is 13.8. The molecule has 1 saturated heterocycles. The van der Waals surface area contributed by atoms with Gasteiger partial charge in [0, 0.05) is 44.9 Å². The summed E-state index contributed by atoms with van der Waals surface area (Å²) in [6, 6.07) is 11.9. The first-order valence-electron chi connectivity index (χ1n) is 10.7. The smallest absolute Gasteiger partial charge is 0.271 e. The van der Waals surface area contributed by atoms with Gasteiger partial charge in [-0.1, -0.05) is 12.1 Å². The highest BCUT2D eigenvalue weighted by Crippen LogP contribution is 2.29. The number of non-ortho nitro benzene ring substituents is 1. The molecule has 0 spiro atoms. The summed E-state index contributed by atoms with van der Waals surface area (Å²) in [6.45, 7) is 8.55. The Hall–Kier alpha value is -3.17. The minimum absolute atomic E-state index is 0.100. The third-order valence-electron chi connectivity index (χ3n) is 5.63. The third kappa shape index (κ3) is 5.95. The highest BCUT2D eigenvalue weighted by molar-refractivity contribution is 5.96. The SMILES string of the molecule is CCOc1ccc(CN2CCN(C(C)C(=O)Nc3cc([N+](=O)[O-])ccc3OC)CC2)cc1. The van der Waals surface area contributed by atoms with Gasteiger partial charge in [-0.2, -0.15) is 0 Å². The molecule has 1 heterocycles. The fourth-order valence-electron chi connectivity index (χ4n) is 3.73. The highest BCUT2D eigenvalue weighted by Gasteiger charge is 2.26. The predicted molar refractivity (Wildman–Crippen MR) is 122 cm³/mol. The van der Waals surface area contributed by atoms with Crippen LogP contribution in [0.2, 0.25) is 0 Å². The van der Waals surface area contributed by atoms with Crippen molar-refractivity contribution in [1.29, 1.82) is 0 Å². The molecule has 1 N–H and O–H groups in total. The molecule has 9 nitrogen and oxygen atoms in total. The number of hydrogen-bond donors (Lipinski definition) is 1. The van der Waals surface area contributed by atoms with Crippen LogP contribution in [0.25, 0.3) is 0 Å². The van der Waals surface area contributed by atoms with E-state index in [1.165, 1.54) is 30.9 Å². The minimum atomic E-state index is -0.498. The number of carbonyl (C=O) groups is 1. The monoisotopic (exact) mass is 442 g/mol. The lowest BCUT2D eigenvalue weighted by Crippen LogP contribution is -2.52. The van der Waals surface area contributed by atoms with Gasteiger partial charge in [0.2, 0.25) is 5.91 Å². The number of nitro benzene ring substituents is 1. The average molecular weight is 443 g/mol. The van der Waals surface area contributed by atoms with Crippen molar-refractivity contribution in [2.75, 3.05) is 45.2 Å². The van der Waals surface area contributed by atoms with Crippen LogP contribution in [-0.4, -0.2) is 66.6 Å². The Labute approximate surface area is 188 Å². The molecule has 2 aromatic carbocycles. The van der Waals surface area contributed by atoms with Gasteiger partial charge in [-0.3, -0.25) is 24.7 Å². The number of benzene rings is 2. The van der Waals surface area contributed by atoms with Crippen molar-refractivity contribution >= 4 is 17.3 Å². The molecule has 0 bridgehead atoms. The summed E-state index contributed by atoms with van der Waals surface area (Å²) in [5.74, 6) is 1.04. The molecule has 1 amide bonds. The van der Waals surface area contributed by atoms with E-state index in [1.54, 1.807) is 0 Å². The fraction of sp³-hybridized carbons (Fsp3) is 0.435. The lowest BCUT2D eigenvalue weighted by molar-refractivity contribution is -0.384. The molecular formula is C23H30N4O5. The van der Waals surface area contributed by atoms with E-state index in [4.69, 9.17) is 9.47 Å². The van der Waals surface area contributed by atoms with Gasteiger partial charge >= 0.3 is 0 Å². The molecule has 1 unspecified atom stereocenters. The number of amides is 1. The van der Waals surface area contributed by atoms with Crippen LogP contribution in [0.15, 0.2) is 42.5 Å². The predicted octanol–water partition coefficient (Wildman–Crippen LogP) is 3.15. The van der Waals surface area contributed by atoms with Crippen LogP contribution in [-0.2, 0) is 11.3 Å². The van der Waals surface area contributed by atoms with E-state index in [-0.39, 0.29) is 17.6 Å². The number of hydrogen-bond acceptors (Lipinski definition) is 7. The second kappa shape index (κ2) is 10.9. The Morgan fingerprint density at radius 1 is 1.16 bits per heavy atom. The molecule has 3 rings (SSSR count). The third-order valence-corrected chi connectivity index (χ3v) is 5.63. The van der Waals surface area contributed by atoms with Crippen LogP contribution in [0.1, 0.15) is 19.4 Å². The van der Waals surface area contributed by atoms with Gasteiger partial charge in [-0.15, -0.1) is 0 Å². The number of anilines is 1. The minimum Gasteiger partial charge on any atom is -0.495 e. The van der Waals surface area contributed by atoms with E-state index in [1.807, 2.05) is 26.0 Å². The highest BCUT2D eigenvalue weighted by atomic mass is 16.6. The number of piperazine rings is 1. The molecule has 2 aromatic rings. The van der Waals surface area contributed by atoms with Crippen molar-refractivity contribution < 1.29 is 19.2 Å². The van der Waals surface area contributed by atoms with E-state index in [9.17, 15) is 14.9 Å². The van der Waals surface area contributed by atoms with E-state index in [0.29, 0.717) is 18.0 Å². The first-order valence-corrected chi connectivity index (χ1v) is 10.7. The standard InChI is InChI=1S/C23H30N4O5/c1-4-32-20-8-5-18(6-9-20)16-25-11-13-26(14-12-25)17(2)23(28)24-21-15-19(27(29)30)7-10-22(21)31-3/h5-10,15,17H,4,11-14,16H2,1-3H3,(H,24,28). The summed E-state index contributed by atoms with van der Waals surface area (Å²) in [6.07, 6.45) is 0. The maximum absolute atomic E-state index is 12.8. The van der Waals surface area contributed by atoms with Crippen LogP contribution >= 0.6 is 0 Å². The molecule has 1 atom stereocenters. The maximum atomic E-state index is 12.8. The molecule has 1 fully saturated rings. The second-order valence-electron chi connectivity index (χ2n) is 7.70.